The largest absolute Gasteiger partial charge is 0.449 e. The summed E-state index contributed by atoms with van der Waals surface area (Å²) in [4.78, 5) is 90.0. The maximum absolute atomic E-state index is 15.0. The number of aromatic amines is 4. The zero-order chi connectivity index (χ0) is 98.4. The van der Waals surface area contributed by atoms with Crippen LogP contribution < -0.4 is 51.9 Å². The average Bonchev–Trinajstić information content (AvgIpc) is 1.06. The molecule has 140 heavy (non-hydrogen) atoms. The number of nitrogens with one attached hydrogen (secondary N) is 11. The van der Waals surface area contributed by atoms with Gasteiger partial charge in [-0.25, -0.2) is 62.4 Å². The number of fused-ring (bicyclic) bond motifs is 1. The van der Waals surface area contributed by atoms with Crippen molar-refractivity contribution in [1.29, 1.82) is 0 Å². The van der Waals surface area contributed by atoms with Gasteiger partial charge in [-0.2, -0.15) is 46.7 Å². The molecule has 9 aromatic heterocycles. The van der Waals surface area contributed by atoms with Gasteiger partial charge < -0.3 is 66.1 Å². The van der Waals surface area contributed by atoms with Gasteiger partial charge in [-0.15, -0.1) is 0 Å². The fraction of sp³-hybridized carbons (Fsp3) is 0.391. The molecule has 0 bridgehead atoms. The Morgan fingerprint density at radius 2 is 0.914 bits per heavy atom. The van der Waals surface area contributed by atoms with Crippen LogP contribution in [0.4, 0.5) is 125 Å². The number of rotatable bonds is 31. The molecule has 7 aliphatic rings. The first kappa shape index (κ1) is 98.7. The number of anilines is 14. The summed E-state index contributed by atoms with van der Waals surface area (Å²) in [7, 11) is 1.37. The van der Waals surface area contributed by atoms with E-state index in [9.17, 15) is 58.3 Å². The van der Waals surface area contributed by atoms with Crippen molar-refractivity contribution in [1.82, 2.24) is 100 Å². The fourth-order valence-electron chi connectivity index (χ4n) is 15.6. The lowest BCUT2D eigenvalue weighted by molar-refractivity contribution is -0.150. The first-order valence-corrected chi connectivity index (χ1v) is 48.5. The molecular formula is C92H110F10N30O4S4. The minimum absolute atomic E-state index is 0. The Hall–Kier alpha value is -12.9. The number of halogens is 10. The molecule has 0 radical (unpaired) electrons. The third kappa shape index (κ3) is 26.2. The average molecular weight is 2020 g/mol. The van der Waals surface area contributed by atoms with Gasteiger partial charge in [-0.1, -0.05) is 13.8 Å². The Kier molecular flexibility index (Phi) is 29.8. The molecular weight excluding hydrogens is 1910 g/mol. The lowest BCUT2D eigenvalue weighted by Crippen LogP contribution is -2.61. The number of hydrogen-bond acceptors (Lipinski definition) is 30. The number of likely N-dealkylation sites (tertiary alicyclic amines) is 1. The molecule has 20 rings (SSSR count). The maximum atomic E-state index is 15.0. The van der Waals surface area contributed by atoms with Crippen LogP contribution in [0.3, 0.4) is 0 Å². The van der Waals surface area contributed by atoms with Crippen molar-refractivity contribution in [3.8, 4) is 0 Å². The van der Waals surface area contributed by atoms with Crippen LogP contribution in [-0.4, -0.2) is 232 Å². The second kappa shape index (κ2) is 42.3. The molecule has 0 spiro atoms. The van der Waals surface area contributed by atoms with Gasteiger partial charge in [-0.05, 0) is 210 Å². The van der Waals surface area contributed by atoms with E-state index in [0.717, 1.165) is 131 Å². The number of carbonyl (C=O) groups excluding carboxylic acids is 3. The highest BCUT2D eigenvalue weighted by Gasteiger charge is 2.61. The van der Waals surface area contributed by atoms with Crippen LogP contribution in [0.15, 0.2) is 180 Å². The summed E-state index contributed by atoms with van der Waals surface area (Å²) < 4.78 is 139. The molecule has 7 fully saturated rings. The number of aromatic nitrogens is 18. The highest BCUT2D eigenvalue weighted by Crippen LogP contribution is 2.51. The highest BCUT2D eigenvalue weighted by atomic mass is 32.2. The number of hydrogen-bond donors (Lipinski definition) is 11. The SMILES string of the molecule is CCC(=O)Nc1ccc(Sc2nc(CCN3CCC3)cc(Nc3cc(C)[nH]n3)n2)cc1.CCC1(F)CN(c2cc(Nc3cc(C)[nH]n3)nc(Sc3ccc(NC(=O)CC(F)(F)F)cc3)n2)C1.Cc1cc(Nc2cc(N3CC(F)(C4CC4)C3)nc(Sc3ccc(NC(=O)C4CC4(F)F)cc3)n2)n[nH]1.Cc1cc(Nc2cc(N3CC(N4CCOCC4)C3)nc(Sc3ccc4nc(C(F)(F)F)n(C)c4c3)n2)n[nH]1.[HH].[HH].[HH].[HH].[HH]. The lowest BCUT2D eigenvalue weighted by atomic mass is 9.91. The molecule has 3 amide bonds. The van der Waals surface area contributed by atoms with Gasteiger partial charge in [0, 0.05) is 186 Å². The van der Waals surface area contributed by atoms with Gasteiger partial charge in [-0.3, -0.25) is 39.7 Å². The first-order chi connectivity index (χ1) is 67.0. The quantitative estimate of drug-likeness (QED) is 0.0142. The number of H-pyrrole nitrogens is 4. The molecule has 13 aromatic rings. The number of amides is 3. The second-order valence-corrected chi connectivity index (χ2v) is 39.2. The zero-order valence-electron chi connectivity index (χ0n) is 76.9. The standard InChI is InChI=1S/C24H26F3N9OS.C24H24F3N7OS.C22H23F4N7OS.C22H27N7OS.5H2/c1-14-9-20(33-32-14)29-19-11-21(36-12-15(13-36)35-5-7-37-8-6-35)31-23(30-19)38-16-3-4-17-18(10-16)34(2)22(28-17)24(25,26)27;1-13-8-19(33-32-13)29-18-9-20(34-11-23(25,12-34)14-2-3-14)31-22(30-18)36-16-6-4-15(5-7-16)28-21(35)17-10-24(17,26)27;1-3-21(23)11-33(12-21)18-9-16(28-17-8-13(2)31-32-17)29-20(30-18)35-15-6-4-14(5-7-15)27-19(34)10-22(24,25)26;1-3-21(30)23-16-5-7-18(8-6-16)31-22-24-17(9-12-29-10-4-11-29)14-19(26-22)25-20-13-15(2)27-28-20;;;;;/h3-4,9-11,15H,5-8,12-13H2,1-2H3,(H2,29,30,31,32,33);4-9,14,17H,2-3,10-12H2,1H3,(H,28,35)(H2,29,30,31,32,33);4-9H,3,10-12H2,1-2H3,(H,27,34)(H2,28,29,30,31,32);5-8,13-14H,3-4,9-12H2,1-2H3,(H,23,30)(H2,24,25,26,27,28);5*1H. The van der Waals surface area contributed by atoms with Crippen molar-refractivity contribution >= 4 is 157 Å². The molecule has 34 nitrogen and oxygen atoms in total. The van der Waals surface area contributed by atoms with Gasteiger partial charge in [0.15, 0.2) is 43.9 Å². The number of morpholine rings is 1. The van der Waals surface area contributed by atoms with Crippen molar-refractivity contribution in [3.63, 3.8) is 0 Å². The van der Waals surface area contributed by atoms with Crippen molar-refractivity contribution in [2.45, 2.75) is 169 Å². The number of benzene rings is 4. The minimum atomic E-state index is -4.57. The molecule has 5 saturated heterocycles. The third-order valence-electron chi connectivity index (χ3n) is 23.7. The summed E-state index contributed by atoms with van der Waals surface area (Å²) in [5.74, 6) is 0.102. The Bertz CT molecular complexity index is 6570. The van der Waals surface area contributed by atoms with E-state index in [1.165, 1.54) is 85.7 Å². The maximum Gasteiger partial charge on any atom is 0.449 e. The summed E-state index contributed by atoms with van der Waals surface area (Å²) in [6, 6.07) is 41.2. The van der Waals surface area contributed by atoms with Crippen molar-refractivity contribution < 1.29 is 70.2 Å². The van der Waals surface area contributed by atoms with Crippen LogP contribution in [0.5, 0.6) is 0 Å². The smallest absolute Gasteiger partial charge is 0.379 e. The molecule has 48 heteroatoms. The molecule has 5 aliphatic heterocycles. The summed E-state index contributed by atoms with van der Waals surface area (Å²) in [5, 5.41) is 50.8. The molecule has 2 saturated carbocycles. The Morgan fingerprint density at radius 3 is 1.32 bits per heavy atom. The van der Waals surface area contributed by atoms with E-state index >= 15 is 0 Å². The fourth-order valence-corrected chi connectivity index (χ4v) is 18.8. The number of nitrogens with zero attached hydrogens (tertiary/aromatic N) is 19. The van der Waals surface area contributed by atoms with E-state index in [1.54, 1.807) is 73.7 Å². The van der Waals surface area contributed by atoms with Gasteiger partial charge in [0.25, 0.3) is 5.92 Å². The number of imidazole rings is 1. The van der Waals surface area contributed by atoms with E-state index in [0.29, 0.717) is 120 Å². The lowest BCUT2D eigenvalue weighted by Gasteiger charge is -2.47. The van der Waals surface area contributed by atoms with Crippen molar-refractivity contribution in [2.75, 3.05) is 137 Å². The number of aryl methyl sites for hydroxylation is 5. The second-order valence-electron chi connectivity index (χ2n) is 35.0. The predicted molar refractivity (Wildman–Crippen MR) is 525 cm³/mol. The van der Waals surface area contributed by atoms with Crippen LogP contribution >= 0.6 is 47.0 Å². The summed E-state index contributed by atoms with van der Waals surface area (Å²) in [6.07, 6.45) is -6.13. The molecule has 1 atom stereocenters. The van der Waals surface area contributed by atoms with E-state index < -0.39 is 66.0 Å². The van der Waals surface area contributed by atoms with Crippen LogP contribution in [-0.2, 0) is 38.8 Å². The van der Waals surface area contributed by atoms with Gasteiger partial charge in [0.2, 0.25) is 23.5 Å². The van der Waals surface area contributed by atoms with E-state index in [4.69, 9.17) is 14.7 Å². The predicted octanol–water partition coefficient (Wildman–Crippen LogP) is 19.2. The topological polar surface area (TPSA) is 397 Å². The Morgan fingerprint density at radius 1 is 0.493 bits per heavy atom. The molecule has 1 unspecified atom stereocenters. The molecule has 14 heterocycles. The van der Waals surface area contributed by atoms with E-state index in [1.807, 2.05) is 105 Å². The van der Waals surface area contributed by atoms with E-state index in [-0.39, 0.29) is 43.3 Å². The highest BCUT2D eigenvalue weighted by molar-refractivity contribution is 8.00. The van der Waals surface area contributed by atoms with Gasteiger partial charge in [0.1, 0.15) is 64.4 Å². The number of ether oxygens (including phenoxy) is 1. The van der Waals surface area contributed by atoms with Crippen LogP contribution in [0.2, 0.25) is 0 Å². The van der Waals surface area contributed by atoms with Crippen LogP contribution in [0.1, 0.15) is 100 Å². The Labute approximate surface area is 821 Å². The number of alkyl halides is 10. The zero-order valence-corrected chi connectivity index (χ0v) is 80.2. The van der Waals surface area contributed by atoms with Crippen LogP contribution in [0.25, 0.3) is 11.0 Å². The van der Waals surface area contributed by atoms with Crippen LogP contribution in [0, 0.1) is 39.5 Å². The normalized spacial score (nSPS) is 17.0. The molecule has 746 valence electrons. The molecule has 2 aliphatic carbocycles. The molecule has 11 N–H and O–H groups in total. The monoisotopic (exact) mass is 2020 g/mol. The van der Waals surface area contributed by atoms with Crippen molar-refractivity contribution in [2.24, 2.45) is 18.9 Å². The number of carbonyl (C=O) groups is 3. The third-order valence-corrected chi connectivity index (χ3v) is 27.1. The minimum Gasteiger partial charge on any atom is -0.379 e. The Balaban J connectivity index is 0.000000171. The summed E-state index contributed by atoms with van der Waals surface area (Å²) >= 11 is 5.32. The summed E-state index contributed by atoms with van der Waals surface area (Å²) in [6.45, 7) is 20.8. The van der Waals surface area contributed by atoms with Gasteiger partial charge in [0.05, 0.1) is 50.4 Å². The van der Waals surface area contributed by atoms with Gasteiger partial charge >= 0.3 is 12.4 Å². The summed E-state index contributed by atoms with van der Waals surface area (Å²) in [5.41, 5.74) is 4.43. The molecule has 4 aromatic carbocycles. The van der Waals surface area contributed by atoms with Crippen molar-refractivity contribution in [3.05, 3.63) is 174 Å². The van der Waals surface area contributed by atoms with E-state index in [2.05, 4.69) is 128 Å². The first-order valence-electron chi connectivity index (χ1n) is 45.3.